The fourth-order valence-electron chi connectivity index (χ4n) is 1.20. The van der Waals surface area contributed by atoms with E-state index in [9.17, 15) is 8.42 Å². The van der Waals surface area contributed by atoms with Crippen LogP contribution in [0, 0.1) is 5.92 Å². The van der Waals surface area contributed by atoms with Gasteiger partial charge in [0.25, 0.3) is 0 Å². The van der Waals surface area contributed by atoms with E-state index in [1.807, 2.05) is 0 Å². The molecule has 0 bridgehead atoms. The molecule has 0 radical (unpaired) electrons. The standard InChI is InChI=1S/C10H13Cl2N3O3S/c1-6(10(13)15-16)5-14-19(17,18)9-4-7(11)2-3-8(9)12/h2-4,6,14,16H,5H2,1H3,(H2,13,15). The van der Waals surface area contributed by atoms with Gasteiger partial charge in [0, 0.05) is 17.5 Å². The maximum absolute atomic E-state index is 12.0. The molecule has 106 valence electrons. The Balaban J connectivity index is 2.91. The van der Waals surface area contributed by atoms with Gasteiger partial charge in [0.2, 0.25) is 10.0 Å². The van der Waals surface area contributed by atoms with Crippen LogP contribution >= 0.6 is 23.2 Å². The van der Waals surface area contributed by atoms with Crippen molar-refractivity contribution in [3.05, 3.63) is 28.2 Å². The molecule has 0 aliphatic rings. The van der Waals surface area contributed by atoms with Crippen LogP contribution in [0.3, 0.4) is 0 Å². The zero-order chi connectivity index (χ0) is 14.6. The predicted octanol–water partition coefficient (Wildman–Crippen LogP) is 1.65. The molecule has 0 saturated heterocycles. The first kappa shape index (κ1) is 16.0. The lowest BCUT2D eigenvalue weighted by atomic mass is 10.2. The quantitative estimate of drug-likeness (QED) is 0.331. The number of nitrogens with two attached hydrogens (primary N) is 1. The van der Waals surface area contributed by atoms with E-state index in [1.54, 1.807) is 6.92 Å². The Labute approximate surface area is 121 Å². The van der Waals surface area contributed by atoms with Crippen LogP contribution in [0.2, 0.25) is 10.0 Å². The Hall–Kier alpha value is -1.02. The third-order valence-electron chi connectivity index (χ3n) is 2.38. The third-order valence-corrected chi connectivity index (χ3v) is 4.52. The highest BCUT2D eigenvalue weighted by Gasteiger charge is 2.20. The second-order valence-corrected chi connectivity index (χ2v) is 6.43. The van der Waals surface area contributed by atoms with Gasteiger partial charge in [-0.05, 0) is 18.2 Å². The van der Waals surface area contributed by atoms with E-state index in [4.69, 9.17) is 34.1 Å². The summed E-state index contributed by atoms with van der Waals surface area (Å²) in [5.74, 6) is -0.530. The molecule has 0 aromatic heterocycles. The average molecular weight is 326 g/mol. The van der Waals surface area contributed by atoms with Crippen molar-refractivity contribution in [2.75, 3.05) is 6.54 Å². The molecule has 9 heteroatoms. The molecule has 4 N–H and O–H groups in total. The van der Waals surface area contributed by atoms with Crippen molar-refractivity contribution in [1.82, 2.24) is 4.72 Å². The van der Waals surface area contributed by atoms with Crippen molar-refractivity contribution >= 4 is 39.1 Å². The van der Waals surface area contributed by atoms with Gasteiger partial charge < -0.3 is 10.9 Å². The molecule has 0 heterocycles. The Morgan fingerprint density at radius 2 is 2.16 bits per heavy atom. The molecule has 1 atom stereocenters. The zero-order valence-corrected chi connectivity index (χ0v) is 12.3. The summed E-state index contributed by atoms with van der Waals surface area (Å²) in [4.78, 5) is -0.117. The minimum atomic E-state index is -3.81. The van der Waals surface area contributed by atoms with E-state index in [0.29, 0.717) is 0 Å². The fourth-order valence-corrected chi connectivity index (χ4v) is 3.09. The Kier molecular flexibility index (Phi) is 5.42. The van der Waals surface area contributed by atoms with Crippen LogP contribution in [0.4, 0.5) is 0 Å². The number of hydrogen-bond acceptors (Lipinski definition) is 4. The van der Waals surface area contributed by atoms with Gasteiger partial charge in [-0.1, -0.05) is 35.3 Å². The number of nitrogens with zero attached hydrogens (tertiary/aromatic N) is 1. The summed E-state index contributed by atoms with van der Waals surface area (Å²) < 4.78 is 26.4. The van der Waals surface area contributed by atoms with Crippen LogP contribution in [-0.2, 0) is 10.0 Å². The summed E-state index contributed by atoms with van der Waals surface area (Å²) in [5, 5.41) is 11.6. The third kappa shape index (κ3) is 4.24. The van der Waals surface area contributed by atoms with Gasteiger partial charge >= 0.3 is 0 Å². The Bertz CT molecular complexity index is 590. The molecule has 19 heavy (non-hydrogen) atoms. The molecular formula is C10H13Cl2N3O3S. The fraction of sp³-hybridized carbons (Fsp3) is 0.300. The van der Waals surface area contributed by atoms with Crippen molar-refractivity contribution in [2.45, 2.75) is 11.8 Å². The smallest absolute Gasteiger partial charge is 0.242 e. The number of hydrogen-bond donors (Lipinski definition) is 3. The van der Waals surface area contributed by atoms with Crippen molar-refractivity contribution in [2.24, 2.45) is 16.8 Å². The van der Waals surface area contributed by atoms with Crippen molar-refractivity contribution in [3.8, 4) is 0 Å². The summed E-state index contributed by atoms with van der Waals surface area (Å²) in [5.41, 5.74) is 5.36. The number of sulfonamides is 1. The molecule has 0 fully saturated rings. The van der Waals surface area contributed by atoms with E-state index < -0.39 is 15.9 Å². The topological polar surface area (TPSA) is 105 Å². The van der Waals surface area contributed by atoms with Gasteiger partial charge in [-0.25, -0.2) is 13.1 Å². The minimum absolute atomic E-state index is 0.0267. The van der Waals surface area contributed by atoms with Crippen molar-refractivity contribution in [3.63, 3.8) is 0 Å². The van der Waals surface area contributed by atoms with Crippen LogP contribution in [0.1, 0.15) is 6.92 Å². The SMILES string of the molecule is CC(CNS(=O)(=O)c1cc(Cl)ccc1Cl)C(N)=NO. The van der Waals surface area contributed by atoms with Crippen LogP contribution in [0.15, 0.2) is 28.3 Å². The summed E-state index contributed by atoms with van der Waals surface area (Å²) in [6, 6.07) is 4.13. The molecule has 6 nitrogen and oxygen atoms in total. The second-order valence-electron chi connectivity index (χ2n) is 3.85. The highest BCUT2D eigenvalue weighted by Crippen LogP contribution is 2.24. The van der Waals surface area contributed by atoms with E-state index in [0.717, 1.165) is 0 Å². The van der Waals surface area contributed by atoms with Gasteiger partial charge in [0.05, 0.1) is 5.02 Å². The normalized spacial score (nSPS) is 14.4. The minimum Gasteiger partial charge on any atom is -0.409 e. The van der Waals surface area contributed by atoms with Crippen LogP contribution in [0.5, 0.6) is 0 Å². The monoisotopic (exact) mass is 325 g/mol. The highest BCUT2D eigenvalue weighted by molar-refractivity contribution is 7.89. The molecular weight excluding hydrogens is 313 g/mol. The van der Waals surface area contributed by atoms with Gasteiger partial charge in [-0.3, -0.25) is 0 Å². The average Bonchev–Trinajstić information content (AvgIpc) is 2.37. The summed E-state index contributed by atoms with van der Waals surface area (Å²) in [7, 11) is -3.81. The Morgan fingerprint density at radius 3 is 2.74 bits per heavy atom. The van der Waals surface area contributed by atoms with E-state index in [1.165, 1.54) is 18.2 Å². The molecule has 1 aromatic rings. The van der Waals surface area contributed by atoms with Crippen molar-refractivity contribution in [1.29, 1.82) is 0 Å². The first-order valence-electron chi connectivity index (χ1n) is 5.20. The van der Waals surface area contributed by atoms with Gasteiger partial charge in [-0.2, -0.15) is 0 Å². The molecule has 0 saturated carbocycles. The lowest BCUT2D eigenvalue weighted by Crippen LogP contribution is -2.34. The lowest BCUT2D eigenvalue weighted by molar-refractivity contribution is 0.314. The van der Waals surface area contributed by atoms with Crippen LogP contribution in [-0.4, -0.2) is 26.0 Å². The van der Waals surface area contributed by atoms with E-state index in [-0.39, 0.29) is 27.3 Å². The highest BCUT2D eigenvalue weighted by atomic mass is 35.5. The number of amidine groups is 1. The molecule has 0 spiro atoms. The first-order chi connectivity index (χ1) is 8.77. The molecule has 0 aliphatic carbocycles. The maximum atomic E-state index is 12.0. The second kappa shape index (κ2) is 6.42. The Morgan fingerprint density at radius 1 is 1.53 bits per heavy atom. The number of benzene rings is 1. The van der Waals surface area contributed by atoms with E-state index in [2.05, 4.69) is 9.88 Å². The van der Waals surface area contributed by atoms with Crippen molar-refractivity contribution < 1.29 is 13.6 Å². The number of halogens is 2. The molecule has 0 amide bonds. The first-order valence-corrected chi connectivity index (χ1v) is 7.44. The van der Waals surface area contributed by atoms with Crippen LogP contribution in [0.25, 0.3) is 0 Å². The van der Waals surface area contributed by atoms with Gasteiger partial charge in [0.15, 0.2) is 0 Å². The molecule has 1 rings (SSSR count). The zero-order valence-electron chi connectivity index (χ0n) is 9.97. The predicted molar refractivity (Wildman–Crippen MR) is 74.2 cm³/mol. The van der Waals surface area contributed by atoms with Gasteiger partial charge in [0.1, 0.15) is 10.7 Å². The summed E-state index contributed by atoms with van der Waals surface area (Å²) >= 11 is 11.6. The summed E-state index contributed by atoms with van der Waals surface area (Å²) in [6.45, 7) is 1.58. The van der Waals surface area contributed by atoms with Crippen LogP contribution < -0.4 is 10.5 Å². The molecule has 1 aromatic carbocycles. The number of oxime groups is 1. The van der Waals surface area contributed by atoms with E-state index >= 15 is 0 Å². The largest absolute Gasteiger partial charge is 0.409 e. The number of nitrogens with one attached hydrogen (secondary N) is 1. The van der Waals surface area contributed by atoms with Gasteiger partial charge in [-0.15, -0.1) is 0 Å². The molecule has 0 aliphatic heterocycles. The maximum Gasteiger partial charge on any atom is 0.242 e. The summed E-state index contributed by atoms with van der Waals surface area (Å²) in [6.07, 6.45) is 0. The number of rotatable bonds is 5. The molecule has 1 unspecified atom stereocenters. The lowest BCUT2D eigenvalue weighted by Gasteiger charge is -2.12.